The zero-order valence-electron chi connectivity index (χ0n) is 11.3. The molecule has 1 nitrogen and oxygen atoms in total. The quantitative estimate of drug-likeness (QED) is 0.714. The number of halogens is 3. The van der Waals surface area contributed by atoms with Crippen LogP contribution in [-0.2, 0) is 6.42 Å². The van der Waals surface area contributed by atoms with Gasteiger partial charge in [0.1, 0.15) is 17.4 Å². The Hall–Kier alpha value is -1.42. The van der Waals surface area contributed by atoms with E-state index in [0.717, 1.165) is 11.1 Å². The fourth-order valence-corrected chi connectivity index (χ4v) is 2.94. The van der Waals surface area contributed by atoms with Gasteiger partial charge >= 0.3 is 0 Å². The van der Waals surface area contributed by atoms with E-state index < -0.39 is 16.5 Å². The van der Waals surface area contributed by atoms with Crippen LogP contribution in [0.15, 0.2) is 36.4 Å². The van der Waals surface area contributed by atoms with Gasteiger partial charge in [0.25, 0.3) is 0 Å². The molecule has 0 fully saturated rings. The topological polar surface area (TPSA) is 9.23 Å². The van der Waals surface area contributed by atoms with Gasteiger partial charge in [0, 0.05) is 22.5 Å². The third-order valence-corrected chi connectivity index (χ3v) is 3.88. The van der Waals surface area contributed by atoms with Crippen LogP contribution < -0.4 is 4.74 Å². The predicted molar refractivity (Wildman–Crippen MR) is 79.5 cm³/mol. The van der Waals surface area contributed by atoms with Crippen LogP contribution in [0, 0.1) is 18.6 Å². The molecular weight excluding hydrogens is 326 g/mol. The number of methoxy groups -OCH3 is 1. The van der Waals surface area contributed by atoms with Crippen molar-refractivity contribution in [3.63, 3.8) is 0 Å². The van der Waals surface area contributed by atoms with Crippen molar-refractivity contribution in [2.75, 3.05) is 7.11 Å². The van der Waals surface area contributed by atoms with Crippen molar-refractivity contribution in [3.05, 3.63) is 64.7 Å². The Balaban J connectivity index is 2.27. The Bertz CT molecular complexity index is 590. The number of aryl methyl sites for hydroxylation is 1. The maximum absolute atomic E-state index is 14.0. The summed E-state index contributed by atoms with van der Waals surface area (Å²) in [5.74, 6) is -1.02. The molecule has 0 saturated carbocycles. The molecule has 0 amide bonds. The molecule has 0 aliphatic rings. The summed E-state index contributed by atoms with van der Waals surface area (Å²) in [5, 5.41) is 0. The van der Waals surface area contributed by atoms with Crippen LogP contribution in [0.5, 0.6) is 5.75 Å². The minimum atomic E-state index is -0.601. The molecule has 0 N–H and O–H groups in total. The normalized spacial score (nSPS) is 12.2. The van der Waals surface area contributed by atoms with Gasteiger partial charge < -0.3 is 4.74 Å². The Morgan fingerprint density at radius 1 is 1.15 bits per heavy atom. The molecule has 1 unspecified atom stereocenters. The van der Waals surface area contributed by atoms with E-state index in [1.165, 1.54) is 19.2 Å². The highest BCUT2D eigenvalue weighted by Crippen LogP contribution is 2.33. The molecule has 0 aliphatic heterocycles. The van der Waals surface area contributed by atoms with Crippen molar-refractivity contribution >= 4 is 15.9 Å². The molecular formula is C16H15BrF2O. The highest BCUT2D eigenvalue weighted by atomic mass is 79.9. The van der Waals surface area contributed by atoms with E-state index in [1.54, 1.807) is 0 Å². The van der Waals surface area contributed by atoms with Gasteiger partial charge in [0.2, 0.25) is 0 Å². The zero-order chi connectivity index (χ0) is 14.7. The van der Waals surface area contributed by atoms with Gasteiger partial charge in [-0.25, -0.2) is 8.78 Å². The fraction of sp³-hybridized carbons (Fsp3) is 0.250. The second-order valence-electron chi connectivity index (χ2n) is 4.67. The Morgan fingerprint density at radius 2 is 1.80 bits per heavy atom. The zero-order valence-corrected chi connectivity index (χ0v) is 12.9. The standard InChI is InChI=1S/C16H15BrF2O/c1-10-4-3-5-11(6-10)7-13(17)16-14(18)8-12(20-2)9-15(16)19/h3-6,8-9,13H,7H2,1-2H3. The molecule has 0 radical (unpaired) electrons. The fourth-order valence-electron chi connectivity index (χ4n) is 2.13. The molecule has 0 aliphatic carbocycles. The predicted octanol–water partition coefficient (Wildman–Crippen LogP) is 4.96. The molecule has 1 atom stereocenters. The van der Waals surface area contributed by atoms with E-state index in [0.29, 0.717) is 6.42 Å². The lowest BCUT2D eigenvalue weighted by molar-refractivity contribution is 0.405. The summed E-state index contributed by atoms with van der Waals surface area (Å²) in [7, 11) is 1.38. The first kappa shape index (κ1) is 15.0. The van der Waals surface area contributed by atoms with Crippen molar-refractivity contribution in [2.24, 2.45) is 0 Å². The van der Waals surface area contributed by atoms with Crippen molar-refractivity contribution in [3.8, 4) is 5.75 Å². The van der Waals surface area contributed by atoms with Gasteiger partial charge in [-0.15, -0.1) is 0 Å². The van der Waals surface area contributed by atoms with Crippen molar-refractivity contribution in [1.29, 1.82) is 0 Å². The lowest BCUT2D eigenvalue weighted by Gasteiger charge is -2.14. The SMILES string of the molecule is COc1cc(F)c(C(Br)Cc2cccc(C)c2)c(F)c1. The first-order chi connectivity index (χ1) is 9.51. The Morgan fingerprint density at radius 3 is 2.35 bits per heavy atom. The molecule has 0 aromatic heterocycles. The average Bonchev–Trinajstić information content (AvgIpc) is 2.37. The van der Waals surface area contributed by atoms with Crippen molar-refractivity contribution < 1.29 is 13.5 Å². The van der Waals surface area contributed by atoms with Gasteiger partial charge in [0.15, 0.2) is 0 Å². The lowest BCUT2D eigenvalue weighted by atomic mass is 10.0. The molecule has 0 bridgehead atoms. The van der Waals surface area contributed by atoms with E-state index in [4.69, 9.17) is 4.74 Å². The summed E-state index contributed by atoms with van der Waals surface area (Å²) in [6, 6.07) is 10.3. The summed E-state index contributed by atoms with van der Waals surface area (Å²) >= 11 is 3.37. The molecule has 0 heterocycles. The summed E-state index contributed by atoms with van der Waals surface area (Å²) in [6.45, 7) is 1.99. The molecule has 4 heteroatoms. The maximum Gasteiger partial charge on any atom is 0.134 e. The first-order valence-electron chi connectivity index (χ1n) is 6.24. The number of ether oxygens (including phenoxy) is 1. The summed E-state index contributed by atoms with van der Waals surface area (Å²) in [5.41, 5.74) is 2.19. The second kappa shape index (κ2) is 6.35. The summed E-state index contributed by atoms with van der Waals surface area (Å²) in [6.07, 6.45) is 0.516. The molecule has 20 heavy (non-hydrogen) atoms. The van der Waals surface area contributed by atoms with Gasteiger partial charge in [-0.2, -0.15) is 0 Å². The van der Waals surface area contributed by atoms with Crippen LogP contribution in [0.3, 0.4) is 0 Å². The van der Waals surface area contributed by atoms with Crippen LogP contribution in [-0.4, -0.2) is 7.11 Å². The number of rotatable bonds is 4. The Labute approximate surface area is 125 Å². The number of hydrogen-bond acceptors (Lipinski definition) is 1. The van der Waals surface area contributed by atoms with Crippen LogP contribution >= 0.6 is 15.9 Å². The van der Waals surface area contributed by atoms with E-state index in [-0.39, 0.29) is 11.3 Å². The largest absolute Gasteiger partial charge is 0.497 e. The number of hydrogen-bond donors (Lipinski definition) is 0. The van der Waals surface area contributed by atoms with Crippen LogP contribution in [0.25, 0.3) is 0 Å². The van der Waals surface area contributed by atoms with E-state index >= 15 is 0 Å². The van der Waals surface area contributed by atoms with Gasteiger partial charge in [-0.05, 0) is 18.9 Å². The highest BCUT2D eigenvalue weighted by Gasteiger charge is 2.19. The minimum Gasteiger partial charge on any atom is -0.497 e. The maximum atomic E-state index is 14.0. The average molecular weight is 341 g/mol. The summed E-state index contributed by atoms with van der Waals surface area (Å²) in [4.78, 5) is -0.421. The van der Waals surface area contributed by atoms with Crippen LogP contribution in [0.4, 0.5) is 8.78 Å². The Kier molecular flexibility index (Phi) is 4.76. The van der Waals surface area contributed by atoms with E-state index in [9.17, 15) is 8.78 Å². The third-order valence-electron chi connectivity index (χ3n) is 3.10. The molecule has 2 aromatic rings. The molecule has 2 aromatic carbocycles. The van der Waals surface area contributed by atoms with Crippen molar-refractivity contribution in [2.45, 2.75) is 18.2 Å². The molecule has 0 spiro atoms. The lowest BCUT2D eigenvalue weighted by Crippen LogP contribution is -2.03. The van der Waals surface area contributed by atoms with Crippen LogP contribution in [0.1, 0.15) is 21.5 Å². The molecule has 106 valence electrons. The minimum absolute atomic E-state index is 0.0345. The smallest absolute Gasteiger partial charge is 0.134 e. The van der Waals surface area contributed by atoms with E-state index in [2.05, 4.69) is 15.9 Å². The van der Waals surface area contributed by atoms with Crippen molar-refractivity contribution in [1.82, 2.24) is 0 Å². The third kappa shape index (κ3) is 3.37. The molecule has 2 rings (SSSR count). The van der Waals surface area contributed by atoms with Gasteiger partial charge in [0.05, 0.1) is 7.11 Å². The molecule has 0 saturated heterocycles. The highest BCUT2D eigenvalue weighted by molar-refractivity contribution is 9.09. The van der Waals surface area contributed by atoms with Gasteiger partial charge in [-0.3, -0.25) is 0 Å². The van der Waals surface area contributed by atoms with Crippen LogP contribution in [0.2, 0.25) is 0 Å². The second-order valence-corrected chi connectivity index (χ2v) is 5.77. The van der Waals surface area contributed by atoms with E-state index in [1.807, 2.05) is 31.2 Å². The first-order valence-corrected chi connectivity index (χ1v) is 7.15. The number of alkyl halides is 1. The number of benzene rings is 2. The van der Waals surface area contributed by atoms with Gasteiger partial charge in [-0.1, -0.05) is 45.8 Å². The monoisotopic (exact) mass is 340 g/mol. The summed E-state index contributed by atoms with van der Waals surface area (Å²) < 4.78 is 32.8.